The largest absolute Gasteiger partial charge is 0.489 e. The van der Waals surface area contributed by atoms with Gasteiger partial charge in [-0.1, -0.05) is 37.6 Å². The molecule has 2 aromatic rings. The summed E-state index contributed by atoms with van der Waals surface area (Å²) in [5, 5.41) is 0.672. The number of hydrogen-bond donors (Lipinski definition) is 1. The molecule has 0 amide bonds. The SMILES string of the molecule is Cc1ccc(C(C)C)c(OCc2cc(Cl)ccc2N)c1. The van der Waals surface area contributed by atoms with Gasteiger partial charge in [0.05, 0.1) is 0 Å². The van der Waals surface area contributed by atoms with Crippen LogP contribution >= 0.6 is 11.6 Å². The third kappa shape index (κ3) is 3.45. The van der Waals surface area contributed by atoms with Crippen molar-refractivity contribution in [3.8, 4) is 5.75 Å². The summed E-state index contributed by atoms with van der Waals surface area (Å²) in [7, 11) is 0. The maximum absolute atomic E-state index is 5.99. The van der Waals surface area contributed by atoms with E-state index in [0.29, 0.717) is 23.2 Å². The van der Waals surface area contributed by atoms with E-state index in [0.717, 1.165) is 11.3 Å². The van der Waals surface area contributed by atoms with Gasteiger partial charge in [0.2, 0.25) is 0 Å². The van der Waals surface area contributed by atoms with Crippen molar-refractivity contribution in [1.82, 2.24) is 0 Å². The zero-order chi connectivity index (χ0) is 14.7. The van der Waals surface area contributed by atoms with Gasteiger partial charge >= 0.3 is 0 Å². The van der Waals surface area contributed by atoms with Gasteiger partial charge in [0.25, 0.3) is 0 Å². The van der Waals surface area contributed by atoms with Gasteiger partial charge in [0, 0.05) is 16.3 Å². The molecule has 0 aliphatic heterocycles. The van der Waals surface area contributed by atoms with Crippen LogP contribution in [0.2, 0.25) is 5.02 Å². The summed E-state index contributed by atoms with van der Waals surface area (Å²) in [6.45, 7) is 6.80. The quantitative estimate of drug-likeness (QED) is 0.810. The number of benzene rings is 2. The number of ether oxygens (including phenoxy) is 1. The molecule has 0 saturated heterocycles. The lowest BCUT2D eigenvalue weighted by Gasteiger charge is -2.15. The number of nitrogen functional groups attached to an aromatic ring is 1. The Morgan fingerprint density at radius 1 is 1.15 bits per heavy atom. The number of halogens is 1. The average Bonchev–Trinajstić information content (AvgIpc) is 2.39. The molecule has 0 aliphatic rings. The van der Waals surface area contributed by atoms with Crippen LogP contribution in [0.4, 0.5) is 5.69 Å². The summed E-state index contributed by atoms with van der Waals surface area (Å²) in [6.07, 6.45) is 0. The van der Waals surface area contributed by atoms with Crippen molar-refractivity contribution in [1.29, 1.82) is 0 Å². The van der Waals surface area contributed by atoms with Crippen LogP contribution in [0.1, 0.15) is 36.5 Å². The minimum Gasteiger partial charge on any atom is -0.489 e. The van der Waals surface area contributed by atoms with Crippen LogP contribution in [-0.2, 0) is 6.61 Å². The van der Waals surface area contributed by atoms with E-state index in [2.05, 4.69) is 39.0 Å². The van der Waals surface area contributed by atoms with Gasteiger partial charge in [-0.3, -0.25) is 0 Å². The molecule has 2 N–H and O–H groups in total. The Kier molecular flexibility index (Phi) is 4.56. The van der Waals surface area contributed by atoms with Crippen LogP contribution in [0.15, 0.2) is 36.4 Å². The molecule has 3 heteroatoms. The van der Waals surface area contributed by atoms with Crippen molar-refractivity contribution in [2.45, 2.75) is 33.3 Å². The number of aryl methyl sites for hydroxylation is 1. The van der Waals surface area contributed by atoms with Gasteiger partial charge in [0.15, 0.2) is 0 Å². The fourth-order valence-electron chi connectivity index (χ4n) is 2.10. The minimum absolute atomic E-state index is 0.419. The van der Waals surface area contributed by atoms with E-state index in [4.69, 9.17) is 22.1 Å². The Bertz CT molecular complexity index is 608. The van der Waals surface area contributed by atoms with Crippen LogP contribution in [0.5, 0.6) is 5.75 Å². The molecule has 0 fully saturated rings. The van der Waals surface area contributed by atoms with Gasteiger partial charge in [0.1, 0.15) is 12.4 Å². The highest BCUT2D eigenvalue weighted by atomic mass is 35.5. The molecule has 0 heterocycles. The van der Waals surface area contributed by atoms with E-state index in [1.807, 2.05) is 6.07 Å². The summed E-state index contributed by atoms with van der Waals surface area (Å²) < 4.78 is 5.96. The highest BCUT2D eigenvalue weighted by Crippen LogP contribution is 2.29. The first-order chi connectivity index (χ1) is 9.47. The van der Waals surface area contributed by atoms with Crippen molar-refractivity contribution >= 4 is 17.3 Å². The average molecular weight is 290 g/mol. The van der Waals surface area contributed by atoms with E-state index in [1.165, 1.54) is 11.1 Å². The Morgan fingerprint density at radius 3 is 2.60 bits per heavy atom. The van der Waals surface area contributed by atoms with Crippen LogP contribution in [0.25, 0.3) is 0 Å². The molecule has 106 valence electrons. The number of anilines is 1. The zero-order valence-corrected chi connectivity index (χ0v) is 12.9. The molecule has 0 aromatic heterocycles. The third-order valence-corrected chi connectivity index (χ3v) is 3.51. The topological polar surface area (TPSA) is 35.2 Å². The van der Waals surface area contributed by atoms with Gasteiger partial charge in [-0.05, 0) is 48.2 Å². The predicted octanol–water partition coefficient (Wildman–Crippen LogP) is 4.93. The van der Waals surface area contributed by atoms with Gasteiger partial charge in [-0.25, -0.2) is 0 Å². The van der Waals surface area contributed by atoms with Crippen molar-refractivity contribution in [3.05, 3.63) is 58.1 Å². The first-order valence-corrected chi connectivity index (χ1v) is 7.12. The Balaban J connectivity index is 2.22. The van der Waals surface area contributed by atoms with Crippen LogP contribution in [0, 0.1) is 6.92 Å². The highest BCUT2D eigenvalue weighted by Gasteiger charge is 2.09. The molecular formula is C17H20ClNO. The molecule has 0 aliphatic carbocycles. The molecule has 20 heavy (non-hydrogen) atoms. The zero-order valence-electron chi connectivity index (χ0n) is 12.1. The number of nitrogens with two attached hydrogens (primary N) is 1. The summed E-state index contributed by atoms with van der Waals surface area (Å²) in [5.74, 6) is 1.33. The van der Waals surface area contributed by atoms with Crippen LogP contribution < -0.4 is 10.5 Å². The normalized spacial score (nSPS) is 10.8. The van der Waals surface area contributed by atoms with Gasteiger partial charge in [-0.2, -0.15) is 0 Å². The lowest BCUT2D eigenvalue weighted by atomic mass is 10.0. The minimum atomic E-state index is 0.419. The maximum atomic E-state index is 5.99. The standard InChI is InChI=1S/C17H20ClNO/c1-11(2)15-6-4-12(3)8-17(15)20-10-13-9-14(18)5-7-16(13)19/h4-9,11H,10,19H2,1-3H3. The lowest BCUT2D eigenvalue weighted by Crippen LogP contribution is -2.03. The molecule has 0 unspecified atom stereocenters. The van der Waals surface area contributed by atoms with Crippen LogP contribution in [-0.4, -0.2) is 0 Å². The monoisotopic (exact) mass is 289 g/mol. The summed E-state index contributed by atoms with van der Waals surface area (Å²) >= 11 is 5.99. The molecule has 2 aromatic carbocycles. The Labute approximate surface area is 125 Å². The van der Waals surface area contributed by atoms with E-state index in [9.17, 15) is 0 Å². The van der Waals surface area contributed by atoms with Gasteiger partial charge < -0.3 is 10.5 Å². The lowest BCUT2D eigenvalue weighted by molar-refractivity contribution is 0.302. The van der Waals surface area contributed by atoms with Crippen molar-refractivity contribution in [2.75, 3.05) is 5.73 Å². The molecule has 0 saturated carbocycles. The molecule has 0 bridgehead atoms. The molecular weight excluding hydrogens is 270 g/mol. The fraction of sp³-hybridized carbons (Fsp3) is 0.294. The first kappa shape index (κ1) is 14.7. The smallest absolute Gasteiger partial charge is 0.123 e. The molecule has 2 nitrogen and oxygen atoms in total. The fourth-order valence-corrected chi connectivity index (χ4v) is 2.29. The van der Waals surface area contributed by atoms with E-state index in [-0.39, 0.29) is 0 Å². The maximum Gasteiger partial charge on any atom is 0.123 e. The second kappa shape index (κ2) is 6.19. The second-order valence-electron chi connectivity index (χ2n) is 5.33. The molecule has 0 atom stereocenters. The van der Waals surface area contributed by atoms with Crippen molar-refractivity contribution < 1.29 is 4.74 Å². The summed E-state index contributed by atoms with van der Waals surface area (Å²) in [4.78, 5) is 0. The number of rotatable bonds is 4. The molecule has 0 spiro atoms. The molecule has 2 rings (SSSR count). The predicted molar refractivity (Wildman–Crippen MR) is 85.5 cm³/mol. The van der Waals surface area contributed by atoms with Gasteiger partial charge in [-0.15, -0.1) is 0 Å². The third-order valence-electron chi connectivity index (χ3n) is 3.28. The highest BCUT2D eigenvalue weighted by molar-refractivity contribution is 6.30. The van der Waals surface area contributed by atoms with Crippen LogP contribution in [0.3, 0.4) is 0 Å². The first-order valence-electron chi connectivity index (χ1n) is 6.74. The van der Waals surface area contributed by atoms with E-state index in [1.54, 1.807) is 12.1 Å². The Morgan fingerprint density at radius 2 is 1.90 bits per heavy atom. The number of hydrogen-bond acceptors (Lipinski definition) is 2. The summed E-state index contributed by atoms with van der Waals surface area (Å²) in [5.41, 5.74) is 9.94. The summed E-state index contributed by atoms with van der Waals surface area (Å²) in [6, 6.07) is 11.7. The molecule has 0 radical (unpaired) electrons. The second-order valence-corrected chi connectivity index (χ2v) is 5.76. The van der Waals surface area contributed by atoms with E-state index >= 15 is 0 Å². The Hall–Kier alpha value is -1.67. The van der Waals surface area contributed by atoms with Crippen molar-refractivity contribution in [2.24, 2.45) is 0 Å². The van der Waals surface area contributed by atoms with E-state index < -0.39 is 0 Å². The van der Waals surface area contributed by atoms with Crippen molar-refractivity contribution in [3.63, 3.8) is 0 Å².